The van der Waals surface area contributed by atoms with E-state index in [4.69, 9.17) is 0 Å². The highest BCUT2D eigenvalue weighted by molar-refractivity contribution is 5.39. The molecule has 1 saturated heterocycles. The maximum absolute atomic E-state index is 14.7. The van der Waals surface area contributed by atoms with Gasteiger partial charge in [0.1, 0.15) is 43.3 Å². The number of hydrogen-bond acceptors (Lipinski definition) is 2. The molecule has 3 N–H and O–H groups in total. The summed E-state index contributed by atoms with van der Waals surface area (Å²) >= 11 is 0. The van der Waals surface area contributed by atoms with Gasteiger partial charge < -0.3 is 19.5 Å². The Morgan fingerprint density at radius 3 is 2.50 bits per heavy atom. The highest BCUT2D eigenvalue weighted by Crippen LogP contribution is 2.27. The van der Waals surface area contributed by atoms with Crippen LogP contribution in [-0.2, 0) is 6.54 Å². The van der Waals surface area contributed by atoms with Crippen LogP contribution >= 0.6 is 0 Å². The van der Waals surface area contributed by atoms with Gasteiger partial charge in [-0.25, -0.2) is 4.39 Å². The standard InChI is InChI=1S/C20H26FN3O2/c1-4-24-14(2)13-17(25)18(20(24)26)19(15-7-5-6-8-16(15)21)23-11-9-22(3)10-12-23/h5-8,13,19,25H,4,9-12H2,1-3H3/p+2/t19-/m0/s1. The largest absolute Gasteiger partial charge is 0.507 e. The van der Waals surface area contributed by atoms with Crippen molar-refractivity contribution in [1.29, 1.82) is 0 Å². The third kappa shape index (κ3) is 3.39. The monoisotopic (exact) mass is 361 g/mol. The van der Waals surface area contributed by atoms with Crippen molar-refractivity contribution >= 4 is 0 Å². The first-order valence-corrected chi connectivity index (χ1v) is 9.27. The predicted molar refractivity (Wildman–Crippen MR) is 98.3 cm³/mol. The van der Waals surface area contributed by atoms with Crippen LogP contribution in [0.15, 0.2) is 35.1 Å². The third-order valence-electron chi connectivity index (χ3n) is 5.50. The van der Waals surface area contributed by atoms with E-state index < -0.39 is 6.04 Å². The van der Waals surface area contributed by atoms with E-state index in [1.54, 1.807) is 35.8 Å². The summed E-state index contributed by atoms with van der Waals surface area (Å²) in [6.45, 7) is 7.78. The summed E-state index contributed by atoms with van der Waals surface area (Å²) in [6.07, 6.45) is 0. The highest BCUT2D eigenvalue weighted by Gasteiger charge is 2.36. The molecule has 1 fully saturated rings. The highest BCUT2D eigenvalue weighted by atomic mass is 19.1. The molecule has 26 heavy (non-hydrogen) atoms. The second-order valence-electron chi connectivity index (χ2n) is 7.20. The third-order valence-corrected chi connectivity index (χ3v) is 5.50. The summed E-state index contributed by atoms with van der Waals surface area (Å²) in [5.74, 6) is -0.372. The van der Waals surface area contributed by atoms with Crippen LogP contribution in [0.25, 0.3) is 0 Å². The lowest BCUT2D eigenvalue weighted by Gasteiger charge is -2.34. The van der Waals surface area contributed by atoms with Gasteiger partial charge in [0.25, 0.3) is 5.56 Å². The Kier molecular flexibility index (Phi) is 5.44. The van der Waals surface area contributed by atoms with Crippen molar-refractivity contribution in [1.82, 2.24) is 4.57 Å². The lowest BCUT2D eigenvalue weighted by molar-refractivity contribution is -1.02. The molecular weight excluding hydrogens is 333 g/mol. The van der Waals surface area contributed by atoms with E-state index in [1.165, 1.54) is 11.0 Å². The van der Waals surface area contributed by atoms with Gasteiger partial charge in [0.15, 0.2) is 6.04 Å². The molecule has 1 aromatic heterocycles. The summed E-state index contributed by atoms with van der Waals surface area (Å²) in [5.41, 5.74) is 1.26. The quantitative estimate of drug-likeness (QED) is 0.689. The number of nitrogens with one attached hydrogen (secondary N) is 2. The molecule has 0 bridgehead atoms. The van der Waals surface area contributed by atoms with Crippen molar-refractivity contribution in [2.24, 2.45) is 0 Å². The zero-order valence-electron chi connectivity index (χ0n) is 15.7. The number of aromatic hydroxyl groups is 1. The fraction of sp³-hybridized carbons (Fsp3) is 0.450. The number of quaternary nitrogens is 2. The molecule has 0 unspecified atom stereocenters. The number of aryl methyl sites for hydroxylation is 1. The van der Waals surface area contributed by atoms with E-state index in [1.807, 2.05) is 6.92 Å². The SMILES string of the molecule is CCn1c(C)cc(O)c([C@H](c2ccccc2F)[NH+]2CC[NH+](C)CC2)c1=O. The number of rotatable bonds is 4. The van der Waals surface area contributed by atoms with E-state index in [0.29, 0.717) is 23.4 Å². The molecule has 2 aromatic rings. The summed E-state index contributed by atoms with van der Waals surface area (Å²) in [5, 5.41) is 10.6. The molecule has 2 heterocycles. The van der Waals surface area contributed by atoms with Gasteiger partial charge in [-0.3, -0.25) is 4.79 Å². The van der Waals surface area contributed by atoms with Crippen molar-refractivity contribution in [3.05, 3.63) is 63.3 Å². The molecule has 1 aliphatic rings. The van der Waals surface area contributed by atoms with Gasteiger partial charge in [-0.15, -0.1) is 0 Å². The van der Waals surface area contributed by atoms with Crippen LogP contribution in [0.1, 0.15) is 29.8 Å². The Balaban J connectivity index is 2.19. The van der Waals surface area contributed by atoms with Crippen molar-refractivity contribution in [2.75, 3.05) is 33.2 Å². The van der Waals surface area contributed by atoms with Gasteiger partial charge in [-0.1, -0.05) is 12.1 Å². The molecule has 0 amide bonds. The van der Waals surface area contributed by atoms with Crippen LogP contribution in [-0.4, -0.2) is 42.9 Å². The first-order chi connectivity index (χ1) is 12.4. The average molecular weight is 361 g/mol. The average Bonchev–Trinajstić information content (AvgIpc) is 2.61. The number of likely N-dealkylation sites (N-methyl/N-ethyl adjacent to an activating group) is 1. The van der Waals surface area contributed by atoms with Gasteiger partial charge in [0, 0.05) is 12.2 Å². The van der Waals surface area contributed by atoms with E-state index in [-0.39, 0.29) is 17.1 Å². The van der Waals surface area contributed by atoms with Crippen LogP contribution < -0.4 is 15.4 Å². The van der Waals surface area contributed by atoms with Gasteiger partial charge in [0.05, 0.1) is 12.6 Å². The smallest absolute Gasteiger partial charge is 0.264 e. The van der Waals surface area contributed by atoms with Crippen LogP contribution in [0.2, 0.25) is 0 Å². The predicted octanol–water partition coefficient (Wildman–Crippen LogP) is -0.476. The van der Waals surface area contributed by atoms with Gasteiger partial charge in [-0.2, -0.15) is 0 Å². The summed E-state index contributed by atoms with van der Waals surface area (Å²) in [7, 11) is 2.14. The maximum atomic E-state index is 14.7. The normalized spacial score (nSPS) is 21.5. The fourth-order valence-electron chi connectivity index (χ4n) is 4.01. The molecule has 3 rings (SSSR count). The van der Waals surface area contributed by atoms with Crippen LogP contribution in [0.3, 0.4) is 0 Å². The number of aromatic nitrogens is 1. The van der Waals surface area contributed by atoms with Gasteiger partial charge in [-0.05, 0) is 32.0 Å². The summed E-state index contributed by atoms with van der Waals surface area (Å²) in [6, 6.07) is 7.71. The molecular formula is C20H28FN3O2+2. The topological polar surface area (TPSA) is 51.1 Å². The minimum absolute atomic E-state index is 0.0378. The van der Waals surface area contributed by atoms with Crippen LogP contribution in [0.4, 0.5) is 4.39 Å². The first kappa shape index (κ1) is 18.6. The Labute approximate surface area is 153 Å². The van der Waals surface area contributed by atoms with Crippen molar-refractivity contribution < 1.29 is 19.3 Å². The molecule has 0 spiro atoms. The molecule has 0 aliphatic carbocycles. The lowest BCUT2D eigenvalue weighted by Crippen LogP contribution is -3.27. The second-order valence-corrected chi connectivity index (χ2v) is 7.20. The minimum atomic E-state index is -0.504. The molecule has 5 nitrogen and oxygen atoms in total. The first-order valence-electron chi connectivity index (χ1n) is 9.27. The van der Waals surface area contributed by atoms with Crippen LogP contribution in [0, 0.1) is 12.7 Å². The Bertz CT molecular complexity index is 841. The van der Waals surface area contributed by atoms with Crippen molar-refractivity contribution in [3.63, 3.8) is 0 Å². The zero-order valence-corrected chi connectivity index (χ0v) is 15.7. The van der Waals surface area contributed by atoms with E-state index in [2.05, 4.69) is 7.05 Å². The summed E-state index contributed by atoms with van der Waals surface area (Å²) in [4.78, 5) is 15.7. The van der Waals surface area contributed by atoms with Crippen molar-refractivity contribution in [3.8, 4) is 5.75 Å². The second kappa shape index (κ2) is 7.60. The van der Waals surface area contributed by atoms with E-state index in [9.17, 15) is 14.3 Å². The molecule has 1 aromatic carbocycles. The Morgan fingerprint density at radius 2 is 1.88 bits per heavy atom. The Morgan fingerprint density at radius 1 is 1.23 bits per heavy atom. The maximum Gasteiger partial charge on any atom is 0.264 e. The molecule has 140 valence electrons. The van der Waals surface area contributed by atoms with E-state index >= 15 is 0 Å². The fourth-order valence-corrected chi connectivity index (χ4v) is 4.01. The van der Waals surface area contributed by atoms with Crippen LogP contribution in [0.5, 0.6) is 5.75 Å². The molecule has 1 aliphatic heterocycles. The van der Waals surface area contributed by atoms with E-state index in [0.717, 1.165) is 31.1 Å². The molecule has 0 radical (unpaired) electrons. The zero-order chi connectivity index (χ0) is 18.8. The minimum Gasteiger partial charge on any atom is -0.507 e. The number of nitrogens with zero attached hydrogens (tertiary/aromatic N) is 1. The lowest BCUT2D eigenvalue weighted by atomic mass is 9.95. The number of pyridine rings is 1. The number of piperazine rings is 1. The number of hydrogen-bond donors (Lipinski definition) is 3. The van der Waals surface area contributed by atoms with Crippen molar-refractivity contribution in [2.45, 2.75) is 26.4 Å². The number of benzene rings is 1. The Hall–Kier alpha value is -2.18. The summed E-state index contributed by atoms with van der Waals surface area (Å²) < 4.78 is 16.3. The van der Waals surface area contributed by atoms with Gasteiger partial charge >= 0.3 is 0 Å². The molecule has 6 heteroatoms. The van der Waals surface area contributed by atoms with Gasteiger partial charge in [0.2, 0.25) is 0 Å². The molecule has 1 atom stereocenters. The molecule has 0 saturated carbocycles. The number of halogens is 1.